The van der Waals surface area contributed by atoms with E-state index in [1.165, 1.54) is 12.8 Å². The van der Waals surface area contributed by atoms with Gasteiger partial charge in [0.25, 0.3) is 0 Å². The van der Waals surface area contributed by atoms with Crippen LogP contribution in [0.15, 0.2) is 0 Å². The Kier molecular flexibility index (Phi) is 3.50. The van der Waals surface area contributed by atoms with Crippen LogP contribution >= 0.6 is 0 Å². The lowest BCUT2D eigenvalue weighted by atomic mass is 9.95. The third-order valence-electron chi connectivity index (χ3n) is 2.59. The highest BCUT2D eigenvalue weighted by Crippen LogP contribution is 2.29. The van der Waals surface area contributed by atoms with Gasteiger partial charge in [0.05, 0.1) is 11.6 Å². The molecule has 1 aliphatic carbocycles. The van der Waals surface area contributed by atoms with E-state index >= 15 is 0 Å². The predicted octanol–water partition coefficient (Wildman–Crippen LogP) is 0.394. The average molecular weight is 200 g/mol. The molecule has 1 rings (SSSR count). The van der Waals surface area contributed by atoms with Gasteiger partial charge in [-0.05, 0) is 39.0 Å². The van der Waals surface area contributed by atoms with E-state index in [0.717, 1.165) is 12.5 Å². The number of carbonyl (C=O) groups is 1. The molecule has 0 aromatic rings. The van der Waals surface area contributed by atoms with E-state index in [1.54, 1.807) is 6.92 Å². The molecule has 14 heavy (non-hydrogen) atoms. The SMILES string of the molecule is CC(CC(C)(N)C(N)=O)OCC1CC1. The second-order valence-corrected chi connectivity index (χ2v) is 4.57. The van der Waals surface area contributed by atoms with Gasteiger partial charge in [-0.3, -0.25) is 4.79 Å². The monoisotopic (exact) mass is 200 g/mol. The summed E-state index contributed by atoms with van der Waals surface area (Å²) in [5, 5.41) is 0. The first kappa shape index (κ1) is 11.5. The molecule has 0 bridgehead atoms. The first-order valence-electron chi connectivity index (χ1n) is 5.12. The summed E-state index contributed by atoms with van der Waals surface area (Å²) in [5.74, 6) is 0.259. The van der Waals surface area contributed by atoms with Crippen molar-refractivity contribution in [3.8, 4) is 0 Å². The van der Waals surface area contributed by atoms with Gasteiger partial charge in [-0.2, -0.15) is 0 Å². The van der Waals surface area contributed by atoms with Gasteiger partial charge in [0.2, 0.25) is 5.91 Å². The third-order valence-corrected chi connectivity index (χ3v) is 2.59. The molecule has 1 aliphatic rings. The molecule has 0 saturated heterocycles. The maximum atomic E-state index is 10.9. The van der Waals surface area contributed by atoms with Gasteiger partial charge in [0.1, 0.15) is 0 Å². The molecular weight excluding hydrogens is 180 g/mol. The molecule has 2 unspecified atom stereocenters. The molecule has 0 heterocycles. The largest absolute Gasteiger partial charge is 0.378 e. The van der Waals surface area contributed by atoms with Crippen molar-refractivity contribution in [1.29, 1.82) is 0 Å². The van der Waals surface area contributed by atoms with E-state index in [1.807, 2.05) is 6.92 Å². The molecule has 0 radical (unpaired) electrons. The van der Waals surface area contributed by atoms with Gasteiger partial charge in [-0.1, -0.05) is 0 Å². The highest BCUT2D eigenvalue weighted by molar-refractivity contribution is 5.83. The lowest BCUT2D eigenvalue weighted by Gasteiger charge is -2.24. The fourth-order valence-corrected chi connectivity index (χ4v) is 1.34. The van der Waals surface area contributed by atoms with Crippen molar-refractivity contribution >= 4 is 5.91 Å². The molecule has 0 aromatic carbocycles. The standard InChI is InChI=1S/C10H20N2O2/c1-7(14-6-8-3-4-8)5-10(2,12)9(11)13/h7-8H,3-6,12H2,1-2H3,(H2,11,13). The summed E-state index contributed by atoms with van der Waals surface area (Å²) in [4.78, 5) is 10.9. The molecule has 4 nitrogen and oxygen atoms in total. The Morgan fingerprint density at radius 1 is 1.64 bits per heavy atom. The number of primary amides is 1. The number of ether oxygens (including phenoxy) is 1. The van der Waals surface area contributed by atoms with Crippen molar-refractivity contribution in [3.05, 3.63) is 0 Å². The van der Waals surface area contributed by atoms with E-state index in [-0.39, 0.29) is 6.10 Å². The Balaban J connectivity index is 2.23. The van der Waals surface area contributed by atoms with Gasteiger partial charge in [0.15, 0.2) is 0 Å². The molecule has 1 amide bonds. The smallest absolute Gasteiger partial charge is 0.237 e. The number of amides is 1. The molecular formula is C10H20N2O2. The number of rotatable bonds is 6. The Morgan fingerprint density at radius 2 is 2.21 bits per heavy atom. The highest BCUT2D eigenvalue weighted by Gasteiger charge is 2.29. The number of hydrogen-bond donors (Lipinski definition) is 2. The van der Waals surface area contributed by atoms with Gasteiger partial charge in [0, 0.05) is 6.61 Å². The van der Waals surface area contributed by atoms with Crippen LogP contribution in [0.2, 0.25) is 0 Å². The Bertz CT molecular complexity index is 212. The van der Waals surface area contributed by atoms with E-state index < -0.39 is 11.4 Å². The fourth-order valence-electron chi connectivity index (χ4n) is 1.34. The van der Waals surface area contributed by atoms with Crippen LogP contribution in [0, 0.1) is 5.92 Å². The molecule has 1 fully saturated rings. The Hall–Kier alpha value is -0.610. The first-order valence-corrected chi connectivity index (χ1v) is 5.12. The maximum absolute atomic E-state index is 10.9. The molecule has 0 aromatic heterocycles. The zero-order chi connectivity index (χ0) is 10.8. The van der Waals surface area contributed by atoms with Crippen molar-refractivity contribution in [1.82, 2.24) is 0 Å². The summed E-state index contributed by atoms with van der Waals surface area (Å²) in [7, 11) is 0. The number of carbonyl (C=O) groups excluding carboxylic acids is 1. The quantitative estimate of drug-likeness (QED) is 0.651. The molecule has 4 heteroatoms. The molecule has 82 valence electrons. The average Bonchev–Trinajstić information content (AvgIpc) is 2.82. The van der Waals surface area contributed by atoms with Crippen LogP contribution in [-0.2, 0) is 9.53 Å². The predicted molar refractivity (Wildman–Crippen MR) is 54.5 cm³/mol. The summed E-state index contributed by atoms with van der Waals surface area (Å²) in [5.41, 5.74) is 9.94. The summed E-state index contributed by atoms with van der Waals surface area (Å²) < 4.78 is 5.56. The summed E-state index contributed by atoms with van der Waals surface area (Å²) in [6.45, 7) is 4.36. The first-order chi connectivity index (χ1) is 6.42. The molecule has 2 atom stereocenters. The highest BCUT2D eigenvalue weighted by atomic mass is 16.5. The van der Waals surface area contributed by atoms with Crippen molar-refractivity contribution in [2.45, 2.75) is 44.8 Å². The van der Waals surface area contributed by atoms with Crippen molar-refractivity contribution < 1.29 is 9.53 Å². The van der Waals surface area contributed by atoms with E-state index in [9.17, 15) is 4.79 Å². The fraction of sp³-hybridized carbons (Fsp3) is 0.900. The number of nitrogens with two attached hydrogens (primary N) is 2. The van der Waals surface area contributed by atoms with Crippen LogP contribution in [0.1, 0.15) is 33.1 Å². The van der Waals surface area contributed by atoms with Crippen LogP contribution in [0.4, 0.5) is 0 Å². The van der Waals surface area contributed by atoms with E-state index in [4.69, 9.17) is 16.2 Å². The van der Waals surface area contributed by atoms with Crippen LogP contribution in [0.25, 0.3) is 0 Å². The Morgan fingerprint density at radius 3 is 2.64 bits per heavy atom. The normalized spacial score (nSPS) is 22.8. The second kappa shape index (κ2) is 4.28. The topological polar surface area (TPSA) is 78.3 Å². The van der Waals surface area contributed by atoms with E-state index in [0.29, 0.717) is 6.42 Å². The zero-order valence-electron chi connectivity index (χ0n) is 8.95. The molecule has 4 N–H and O–H groups in total. The summed E-state index contributed by atoms with van der Waals surface area (Å²) >= 11 is 0. The summed E-state index contributed by atoms with van der Waals surface area (Å²) in [6.07, 6.45) is 3.01. The van der Waals surface area contributed by atoms with Gasteiger partial charge in [-0.15, -0.1) is 0 Å². The lowest BCUT2D eigenvalue weighted by molar-refractivity contribution is -0.124. The minimum atomic E-state index is -0.955. The van der Waals surface area contributed by atoms with E-state index in [2.05, 4.69) is 0 Å². The number of hydrogen-bond acceptors (Lipinski definition) is 3. The van der Waals surface area contributed by atoms with Crippen LogP contribution in [0.5, 0.6) is 0 Å². The van der Waals surface area contributed by atoms with Crippen molar-refractivity contribution in [2.24, 2.45) is 17.4 Å². The van der Waals surface area contributed by atoms with Gasteiger partial charge in [-0.25, -0.2) is 0 Å². The molecule has 0 aliphatic heterocycles. The Labute approximate surface area is 85.0 Å². The van der Waals surface area contributed by atoms with Crippen LogP contribution < -0.4 is 11.5 Å². The van der Waals surface area contributed by atoms with Gasteiger partial charge < -0.3 is 16.2 Å². The summed E-state index contributed by atoms with van der Waals surface area (Å²) in [6, 6.07) is 0. The van der Waals surface area contributed by atoms with Gasteiger partial charge >= 0.3 is 0 Å². The minimum absolute atomic E-state index is 0.00176. The van der Waals surface area contributed by atoms with Crippen molar-refractivity contribution in [2.75, 3.05) is 6.61 Å². The lowest BCUT2D eigenvalue weighted by Crippen LogP contribution is -2.51. The molecule has 1 saturated carbocycles. The van der Waals surface area contributed by atoms with Crippen LogP contribution in [-0.4, -0.2) is 24.2 Å². The second-order valence-electron chi connectivity index (χ2n) is 4.57. The minimum Gasteiger partial charge on any atom is -0.378 e. The van der Waals surface area contributed by atoms with Crippen molar-refractivity contribution in [3.63, 3.8) is 0 Å². The van der Waals surface area contributed by atoms with Crippen LogP contribution in [0.3, 0.4) is 0 Å². The maximum Gasteiger partial charge on any atom is 0.237 e. The zero-order valence-corrected chi connectivity index (χ0v) is 8.95. The third kappa shape index (κ3) is 3.64. The molecule has 0 spiro atoms.